The summed E-state index contributed by atoms with van der Waals surface area (Å²) in [5.41, 5.74) is -1.74. The highest BCUT2D eigenvalue weighted by Crippen LogP contribution is 2.31. The minimum Gasteiger partial charge on any atom is -0.444 e. The van der Waals surface area contributed by atoms with Gasteiger partial charge in [0.2, 0.25) is 5.91 Å². The van der Waals surface area contributed by atoms with Crippen LogP contribution in [0.2, 0.25) is 0 Å². The van der Waals surface area contributed by atoms with Crippen LogP contribution in [0.4, 0.5) is 4.79 Å². The van der Waals surface area contributed by atoms with Crippen molar-refractivity contribution in [1.82, 2.24) is 15.1 Å². The average Bonchev–Trinajstić information content (AvgIpc) is 2.41. The summed E-state index contributed by atoms with van der Waals surface area (Å²) in [4.78, 5) is 27.7. The highest BCUT2D eigenvalue weighted by molar-refractivity contribution is 5.89. The first-order valence-electron chi connectivity index (χ1n) is 8.07. The molecule has 0 spiro atoms. The van der Waals surface area contributed by atoms with Gasteiger partial charge in [0.05, 0.1) is 19.2 Å². The molecule has 7 nitrogen and oxygen atoms in total. The maximum Gasteiger partial charge on any atom is 0.410 e. The predicted molar refractivity (Wildman–Crippen MR) is 86.7 cm³/mol. The van der Waals surface area contributed by atoms with E-state index in [0.717, 1.165) is 19.6 Å². The van der Waals surface area contributed by atoms with Crippen molar-refractivity contribution in [3.8, 4) is 6.07 Å². The summed E-state index contributed by atoms with van der Waals surface area (Å²) < 4.78 is 5.24. The van der Waals surface area contributed by atoms with Crippen LogP contribution in [-0.2, 0) is 9.53 Å². The van der Waals surface area contributed by atoms with Crippen LogP contribution in [0, 0.1) is 16.7 Å². The Morgan fingerprint density at radius 3 is 2.30 bits per heavy atom. The predicted octanol–water partition coefficient (Wildman–Crippen LogP) is 1.21. The lowest BCUT2D eigenvalue weighted by atomic mass is 9.80. The Labute approximate surface area is 138 Å². The largest absolute Gasteiger partial charge is 0.444 e. The van der Waals surface area contributed by atoms with Crippen LogP contribution < -0.4 is 5.32 Å². The third-order valence-corrected chi connectivity index (χ3v) is 3.83. The van der Waals surface area contributed by atoms with E-state index < -0.39 is 17.1 Å². The molecule has 1 rings (SSSR count). The number of nitrogens with zero attached hydrogens (tertiary/aromatic N) is 3. The van der Waals surface area contributed by atoms with E-state index in [1.165, 1.54) is 4.90 Å². The summed E-state index contributed by atoms with van der Waals surface area (Å²) in [5, 5.41) is 12.1. The lowest BCUT2D eigenvalue weighted by Crippen LogP contribution is -2.64. The number of hydrogen-bond donors (Lipinski definition) is 1. The van der Waals surface area contributed by atoms with Crippen LogP contribution in [0.3, 0.4) is 0 Å². The third-order valence-electron chi connectivity index (χ3n) is 3.83. The SMILES string of the molecule is CCN(CC)CCNC(=O)C1(C#N)CN(C(=O)OC(C)(C)C)C1. The van der Waals surface area contributed by atoms with Gasteiger partial charge in [0.25, 0.3) is 0 Å². The Morgan fingerprint density at radius 1 is 1.30 bits per heavy atom. The maximum absolute atomic E-state index is 12.3. The van der Waals surface area contributed by atoms with E-state index in [-0.39, 0.29) is 19.0 Å². The van der Waals surface area contributed by atoms with Gasteiger partial charge < -0.3 is 19.9 Å². The number of likely N-dealkylation sites (N-methyl/N-ethyl adjacent to an activating group) is 1. The van der Waals surface area contributed by atoms with Gasteiger partial charge in [-0.2, -0.15) is 5.26 Å². The van der Waals surface area contributed by atoms with Gasteiger partial charge in [0.1, 0.15) is 5.60 Å². The molecule has 1 aliphatic heterocycles. The Bertz CT molecular complexity index is 469. The molecule has 1 saturated heterocycles. The quantitative estimate of drug-likeness (QED) is 0.793. The third kappa shape index (κ3) is 5.10. The standard InChI is InChI=1S/C16H28N4O3/c1-6-19(7-2)9-8-18-13(21)16(10-17)11-20(12-16)14(22)23-15(3,4)5/h6-9,11-12H2,1-5H3,(H,18,21). The van der Waals surface area contributed by atoms with Crippen molar-refractivity contribution < 1.29 is 14.3 Å². The topological polar surface area (TPSA) is 85.7 Å². The number of amides is 2. The fourth-order valence-electron chi connectivity index (χ4n) is 2.36. The van der Waals surface area contributed by atoms with E-state index in [0.29, 0.717) is 6.54 Å². The van der Waals surface area contributed by atoms with E-state index in [4.69, 9.17) is 4.74 Å². The van der Waals surface area contributed by atoms with Gasteiger partial charge >= 0.3 is 6.09 Å². The molecule has 1 heterocycles. The number of likely N-dealkylation sites (tertiary alicyclic amines) is 1. The second-order valence-corrected chi connectivity index (χ2v) is 6.81. The lowest BCUT2D eigenvalue weighted by Gasteiger charge is -2.44. The molecule has 0 bridgehead atoms. The summed E-state index contributed by atoms with van der Waals surface area (Å²) in [6.45, 7) is 12.7. The number of rotatable bonds is 6. The van der Waals surface area contributed by atoms with Gasteiger partial charge in [-0.1, -0.05) is 13.8 Å². The normalized spacial score (nSPS) is 16.5. The summed E-state index contributed by atoms with van der Waals surface area (Å²) in [6.07, 6.45) is -0.487. The second-order valence-electron chi connectivity index (χ2n) is 6.81. The molecule has 0 aromatic heterocycles. The summed E-state index contributed by atoms with van der Waals surface area (Å²) in [5.74, 6) is -0.313. The van der Waals surface area contributed by atoms with Crippen molar-refractivity contribution in [3.05, 3.63) is 0 Å². The van der Waals surface area contributed by atoms with Crippen molar-refractivity contribution in [2.45, 2.75) is 40.2 Å². The molecule has 2 amide bonds. The van der Waals surface area contributed by atoms with Gasteiger partial charge in [-0.3, -0.25) is 4.79 Å². The zero-order valence-corrected chi connectivity index (χ0v) is 14.8. The summed E-state index contributed by atoms with van der Waals surface area (Å²) >= 11 is 0. The summed E-state index contributed by atoms with van der Waals surface area (Å²) in [6, 6.07) is 2.05. The van der Waals surface area contributed by atoms with E-state index in [2.05, 4.69) is 30.1 Å². The van der Waals surface area contributed by atoms with Crippen LogP contribution >= 0.6 is 0 Å². The number of carbonyl (C=O) groups is 2. The molecule has 130 valence electrons. The molecular weight excluding hydrogens is 296 g/mol. The Morgan fingerprint density at radius 2 is 1.87 bits per heavy atom. The number of hydrogen-bond acceptors (Lipinski definition) is 5. The molecule has 1 fully saturated rings. The first kappa shape index (κ1) is 19.2. The number of ether oxygens (including phenoxy) is 1. The molecule has 0 unspecified atom stereocenters. The number of nitriles is 1. The second kappa shape index (κ2) is 7.64. The molecule has 23 heavy (non-hydrogen) atoms. The molecule has 7 heteroatoms. The zero-order chi connectivity index (χ0) is 17.7. The van der Waals surface area contributed by atoms with Crippen LogP contribution in [0.25, 0.3) is 0 Å². The highest BCUT2D eigenvalue weighted by Gasteiger charge is 2.52. The van der Waals surface area contributed by atoms with Gasteiger partial charge in [-0.05, 0) is 33.9 Å². The van der Waals surface area contributed by atoms with Crippen molar-refractivity contribution in [2.75, 3.05) is 39.3 Å². The van der Waals surface area contributed by atoms with Gasteiger partial charge in [0, 0.05) is 13.1 Å². The molecule has 0 aromatic rings. The molecule has 0 saturated carbocycles. The van der Waals surface area contributed by atoms with Gasteiger partial charge in [-0.15, -0.1) is 0 Å². The zero-order valence-electron chi connectivity index (χ0n) is 14.8. The molecule has 1 N–H and O–H groups in total. The van der Waals surface area contributed by atoms with Crippen molar-refractivity contribution >= 4 is 12.0 Å². The van der Waals surface area contributed by atoms with Crippen molar-refractivity contribution in [3.63, 3.8) is 0 Å². The van der Waals surface area contributed by atoms with E-state index in [1.807, 2.05) is 0 Å². The monoisotopic (exact) mass is 324 g/mol. The average molecular weight is 324 g/mol. The van der Waals surface area contributed by atoms with Crippen molar-refractivity contribution in [2.24, 2.45) is 5.41 Å². The fraction of sp³-hybridized carbons (Fsp3) is 0.812. The molecule has 1 aliphatic rings. The first-order chi connectivity index (χ1) is 10.7. The van der Waals surface area contributed by atoms with Crippen molar-refractivity contribution in [1.29, 1.82) is 5.26 Å². The van der Waals surface area contributed by atoms with Crippen LogP contribution in [0.15, 0.2) is 0 Å². The number of carbonyl (C=O) groups excluding carboxylic acids is 2. The summed E-state index contributed by atoms with van der Waals surface area (Å²) in [7, 11) is 0. The lowest BCUT2D eigenvalue weighted by molar-refractivity contribution is -0.135. The molecule has 0 aliphatic carbocycles. The van der Waals surface area contributed by atoms with Crippen LogP contribution in [0.5, 0.6) is 0 Å². The van der Waals surface area contributed by atoms with E-state index >= 15 is 0 Å². The van der Waals surface area contributed by atoms with E-state index in [1.54, 1.807) is 20.8 Å². The molecule has 0 aromatic carbocycles. The molecule has 0 radical (unpaired) electrons. The minimum atomic E-state index is -1.15. The van der Waals surface area contributed by atoms with Crippen LogP contribution in [-0.4, -0.2) is 66.7 Å². The van der Waals surface area contributed by atoms with Crippen LogP contribution in [0.1, 0.15) is 34.6 Å². The molecular formula is C16H28N4O3. The highest BCUT2D eigenvalue weighted by atomic mass is 16.6. The minimum absolute atomic E-state index is 0.0789. The Kier molecular flexibility index (Phi) is 6.39. The Hall–Kier alpha value is -1.81. The smallest absolute Gasteiger partial charge is 0.410 e. The van der Waals surface area contributed by atoms with Gasteiger partial charge in [0.15, 0.2) is 5.41 Å². The fourth-order valence-corrected chi connectivity index (χ4v) is 2.36. The maximum atomic E-state index is 12.3. The first-order valence-corrected chi connectivity index (χ1v) is 8.07. The Balaban J connectivity index is 2.48. The number of nitrogens with one attached hydrogen (secondary N) is 1. The van der Waals surface area contributed by atoms with E-state index in [9.17, 15) is 14.9 Å². The van der Waals surface area contributed by atoms with Gasteiger partial charge in [-0.25, -0.2) is 4.79 Å². The molecule has 0 atom stereocenters.